The number of halogens is 2. The zero-order chi connectivity index (χ0) is 18.1. The van der Waals surface area contributed by atoms with E-state index in [0.29, 0.717) is 5.56 Å². The molecule has 0 aliphatic carbocycles. The van der Waals surface area contributed by atoms with Gasteiger partial charge in [-0.1, -0.05) is 29.3 Å². The van der Waals surface area contributed by atoms with E-state index in [0.717, 1.165) is 10.9 Å². The van der Waals surface area contributed by atoms with E-state index in [9.17, 15) is 18.0 Å². The third-order valence-corrected chi connectivity index (χ3v) is 4.82. The maximum absolute atomic E-state index is 12.0. The Balaban J connectivity index is 2.22. The molecule has 2 rings (SSSR count). The van der Waals surface area contributed by atoms with E-state index in [-0.39, 0.29) is 20.6 Å². The van der Waals surface area contributed by atoms with E-state index in [2.05, 4.69) is 10.4 Å². The molecule has 1 amide bonds. The lowest BCUT2D eigenvalue weighted by Gasteiger charge is -2.10. The van der Waals surface area contributed by atoms with Crippen LogP contribution in [-0.2, 0) is 21.4 Å². The largest absolute Gasteiger partial charge is 0.324 e. The number of nitrogens with one attached hydrogen (secondary N) is 1. The van der Waals surface area contributed by atoms with Gasteiger partial charge < -0.3 is 5.32 Å². The van der Waals surface area contributed by atoms with Crippen LogP contribution in [-0.4, -0.2) is 24.1 Å². The molecule has 0 spiro atoms. The predicted molar refractivity (Wildman–Crippen MR) is 89.7 cm³/mol. The number of aromatic nitrogens is 2. The first-order chi connectivity index (χ1) is 11.1. The molecule has 24 heavy (non-hydrogen) atoms. The summed E-state index contributed by atoms with van der Waals surface area (Å²) >= 11 is 11.3. The number of sulfonamides is 1. The molecule has 128 valence electrons. The van der Waals surface area contributed by atoms with Crippen molar-refractivity contribution in [3.05, 3.63) is 50.4 Å². The van der Waals surface area contributed by atoms with Crippen LogP contribution in [0.5, 0.6) is 0 Å². The second kappa shape index (κ2) is 6.89. The van der Waals surface area contributed by atoms with Gasteiger partial charge in [-0.05, 0) is 24.6 Å². The van der Waals surface area contributed by atoms with Crippen LogP contribution in [0, 0.1) is 6.92 Å². The summed E-state index contributed by atoms with van der Waals surface area (Å²) in [5.74, 6) is -0.604. The summed E-state index contributed by atoms with van der Waals surface area (Å²) in [6.07, 6.45) is 1.14. The third kappa shape index (κ3) is 4.12. The molecule has 11 heteroatoms. The molecule has 0 saturated carbocycles. The summed E-state index contributed by atoms with van der Waals surface area (Å²) in [5, 5.41) is 11.0. The molecule has 2 aromatic rings. The Kier molecular flexibility index (Phi) is 5.29. The fraction of sp³-hybridized carbons (Fsp3) is 0.154. The summed E-state index contributed by atoms with van der Waals surface area (Å²) in [6.45, 7) is 1.15. The molecule has 0 unspecified atom stereocenters. The highest BCUT2D eigenvalue weighted by atomic mass is 35.5. The topological polar surface area (TPSA) is 124 Å². The van der Waals surface area contributed by atoms with Gasteiger partial charge in [-0.25, -0.2) is 18.2 Å². The quantitative estimate of drug-likeness (QED) is 0.809. The van der Waals surface area contributed by atoms with Gasteiger partial charge >= 0.3 is 0 Å². The Morgan fingerprint density at radius 2 is 2.04 bits per heavy atom. The molecule has 0 atom stereocenters. The molecular weight excluding hydrogens is 379 g/mol. The number of carbonyl (C=O) groups is 1. The number of carbonyl (C=O) groups excluding carboxylic acids is 1. The van der Waals surface area contributed by atoms with Crippen LogP contribution < -0.4 is 16.0 Å². The van der Waals surface area contributed by atoms with Gasteiger partial charge in [-0.3, -0.25) is 9.59 Å². The smallest absolute Gasteiger partial charge is 0.287 e. The normalized spacial score (nSPS) is 11.3. The zero-order valence-electron chi connectivity index (χ0n) is 12.3. The van der Waals surface area contributed by atoms with Gasteiger partial charge in [0.25, 0.3) is 5.56 Å². The van der Waals surface area contributed by atoms with Gasteiger partial charge in [0.1, 0.15) is 11.6 Å². The molecule has 0 bridgehead atoms. The SMILES string of the molecule is Cc1ccc(NC(=O)Cn2ncc(Cl)c(Cl)c2=O)cc1S(N)(=O)=O. The van der Waals surface area contributed by atoms with Crippen molar-refractivity contribution in [1.29, 1.82) is 0 Å². The van der Waals surface area contributed by atoms with Gasteiger partial charge in [0.2, 0.25) is 15.9 Å². The highest BCUT2D eigenvalue weighted by Crippen LogP contribution is 2.19. The molecule has 1 heterocycles. The van der Waals surface area contributed by atoms with Gasteiger partial charge in [-0.2, -0.15) is 5.10 Å². The molecule has 1 aromatic carbocycles. The van der Waals surface area contributed by atoms with Crippen molar-refractivity contribution in [1.82, 2.24) is 9.78 Å². The van der Waals surface area contributed by atoms with Gasteiger partial charge in [0.15, 0.2) is 0 Å². The van der Waals surface area contributed by atoms with E-state index in [1.165, 1.54) is 18.2 Å². The molecule has 0 fully saturated rings. The van der Waals surface area contributed by atoms with Crippen molar-refractivity contribution in [3.8, 4) is 0 Å². The molecule has 0 saturated heterocycles. The van der Waals surface area contributed by atoms with E-state index >= 15 is 0 Å². The minimum Gasteiger partial charge on any atom is -0.324 e. The maximum Gasteiger partial charge on any atom is 0.287 e. The van der Waals surface area contributed by atoms with Crippen LogP contribution in [0.3, 0.4) is 0 Å². The molecule has 8 nitrogen and oxygen atoms in total. The fourth-order valence-corrected chi connectivity index (χ4v) is 2.96. The average Bonchev–Trinajstić information content (AvgIpc) is 2.49. The van der Waals surface area contributed by atoms with E-state index in [1.54, 1.807) is 6.92 Å². The lowest BCUT2D eigenvalue weighted by atomic mass is 10.2. The number of rotatable bonds is 4. The first kappa shape index (κ1) is 18.4. The summed E-state index contributed by atoms with van der Waals surface area (Å²) in [5.41, 5.74) is -0.0611. The number of benzene rings is 1. The first-order valence-corrected chi connectivity index (χ1v) is 8.74. The Labute approximate surface area is 147 Å². The van der Waals surface area contributed by atoms with Crippen LogP contribution >= 0.6 is 23.2 Å². The second-order valence-electron chi connectivity index (χ2n) is 4.84. The van der Waals surface area contributed by atoms with Crippen molar-refractivity contribution in [3.63, 3.8) is 0 Å². The highest BCUT2D eigenvalue weighted by Gasteiger charge is 2.14. The highest BCUT2D eigenvalue weighted by molar-refractivity contribution is 7.89. The summed E-state index contributed by atoms with van der Waals surface area (Å²) in [7, 11) is -3.92. The first-order valence-electron chi connectivity index (χ1n) is 6.44. The van der Waals surface area contributed by atoms with Gasteiger partial charge in [0.05, 0.1) is 16.1 Å². The van der Waals surface area contributed by atoms with E-state index < -0.39 is 28.0 Å². The van der Waals surface area contributed by atoms with Gasteiger partial charge in [-0.15, -0.1) is 0 Å². The minimum absolute atomic E-state index is 0.0188. The number of anilines is 1. The Morgan fingerprint density at radius 1 is 1.38 bits per heavy atom. The Bertz CT molecular complexity index is 972. The summed E-state index contributed by atoms with van der Waals surface area (Å²) < 4.78 is 23.8. The van der Waals surface area contributed by atoms with Gasteiger partial charge in [0, 0.05) is 5.69 Å². The lowest BCUT2D eigenvalue weighted by Crippen LogP contribution is -2.30. The molecule has 0 radical (unpaired) electrons. The van der Waals surface area contributed by atoms with Crippen molar-refractivity contribution >= 4 is 44.8 Å². The van der Waals surface area contributed by atoms with Crippen LogP contribution in [0.1, 0.15) is 5.56 Å². The van der Waals surface area contributed by atoms with E-state index in [1.807, 2.05) is 0 Å². The standard InChI is InChI=1S/C13H12Cl2N4O4S/c1-7-2-3-8(4-10(7)24(16,22)23)18-11(20)6-19-13(21)12(15)9(14)5-17-19/h2-5H,6H2,1H3,(H,18,20)(H2,16,22,23). The molecular formula is C13H12Cl2N4O4S. The number of primary sulfonamides is 1. The van der Waals surface area contributed by atoms with Crippen molar-refractivity contribution in [2.24, 2.45) is 5.14 Å². The monoisotopic (exact) mass is 390 g/mol. The van der Waals surface area contributed by atoms with Crippen LogP contribution in [0.25, 0.3) is 0 Å². The van der Waals surface area contributed by atoms with Crippen molar-refractivity contribution in [2.45, 2.75) is 18.4 Å². The number of nitrogens with two attached hydrogens (primary N) is 1. The number of nitrogens with zero attached hydrogens (tertiary/aromatic N) is 2. The minimum atomic E-state index is -3.92. The van der Waals surface area contributed by atoms with Crippen molar-refractivity contribution < 1.29 is 13.2 Å². The molecule has 0 aliphatic rings. The Hall–Kier alpha value is -1.94. The number of aryl methyl sites for hydroxylation is 1. The number of hydrogen-bond donors (Lipinski definition) is 2. The predicted octanol–water partition coefficient (Wildman–Crippen LogP) is 1.14. The molecule has 3 N–H and O–H groups in total. The zero-order valence-corrected chi connectivity index (χ0v) is 14.6. The maximum atomic E-state index is 12.0. The van der Waals surface area contributed by atoms with Crippen LogP contribution in [0.15, 0.2) is 34.1 Å². The summed E-state index contributed by atoms with van der Waals surface area (Å²) in [4.78, 5) is 23.7. The second-order valence-corrected chi connectivity index (χ2v) is 7.16. The van der Waals surface area contributed by atoms with Crippen molar-refractivity contribution in [2.75, 3.05) is 5.32 Å². The van der Waals surface area contributed by atoms with E-state index in [4.69, 9.17) is 28.3 Å². The number of amides is 1. The Morgan fingerprint density at radius 3 is 2.67 bits per heavy atom. The summed E-state index contributed by atoms with van der Waals surface area (Å²) in [6, 6.07) is 4.24. The lowest BCUT2D eigenvalue weighted by molar-refractivity contribution is -0.117. The third-order valence-electron chi connectivity index (χ3n) is 3.01. The average molecular weight is 391 g/mol. The fourth-order valence-electron chi connectivity index (χ4n) is 1.88. The van der Waals surface area contributed by atoms with Crippen LogP contribution in [0.4, 0.5) is 5.69 Å². The molecule has 1 aromatic heterocycles. The van der Waals surface area contributed by atoms with Crippen LogP contribution in [0.2, 0.25) is 10.0 Å². The number of hydrogen-bond acceptors (Lipinski definition) is 5. The molecule has 0 aliphatic heterocycles.